The Labute approximate surface area is 48.6 Å². The Bertz CT molecular complexity index is 100. The van der Waals surface area contributed by atoms with E-state index in [0.717, 1.165) is 6.54 Å². The van der Waals surface area contributed by atoms with Crippen LogP contribution in [-0.4, -0.2) is 31.8 Å². The van der Waals surface area contributed by atoms with Gasteiger partial charge in [0.25, 0.3) is 0 Å². The lowest BCUT2D eigenvalue weighted by molar-refractivity contribution is 0.371. The molecule has 0 bridgehead atoms. The fourth-order valence-corrected chi connectivity index (χ4v) is 0.623. The number of nitrogens with zero attached hydrogens (tertiary/aromatic N) is 3. The van der Waals surface area contributed by atoms with Crippen LogP contribution in [0.5, 0.6) is 0 Å². The highest BCUT2D eigenvalue weighted by Gasteiger charge is 2.11. The molecule has 0 radical (unpaired) electrons. The minimum absolute atomic E-state index is 0.208. The van der Waals surface area contributed by atoms with Crippen LogP contribution in [0.4, 0.5) is 0 Å². The van der Waals surface area contributed by atoms with E-state index in [0.29, 0.717) is 0 Å². The molecule has 0 aromatic carbocycles. The highest BCUT2D eigenvalue weighted by Crippen LogP contribution is 2.00. The van der Waals surface area contributed by atoms with Crippen molar-refractivity contribution in [1.29, 1.82) is 0 Å². The first-order valence-electron chi connectivity index (χ1n) is 2.62. The molecule has 0 aromatic heterocycles. The third-order valence-corrected chi connectivity index (χ3v) is 1.11. The molecule has 1 aliphatic rings. The number of hydrogen-bond acceptors (Lipinski definition) is 4. The quantitative estimate of drug-likeness (QED) is 0.514. The normalized spacial score (nSPS) is 27.2. The fourth-order valence-electron chi connectivity index (χ4n) is 0.623. The molecule has 0 aromatic rings. The second-order valence-electron chi connectivity index (χ2n) is 1.85. The maximum absolute atomic E-state index is 3.88. The van der Waals surface area contributed by atoms with Crippen molar-refractivity contribution in [2.24, 2.45) is 10.3 Å². The summed E-state index contributed by atoms with van der Waals surface area (Å²) in [4.78, 5) is 0. The van der Waals surface area contributed by atoms with E-state index in [1.54, 1.807) is 5.01 Å². The van der Waals surface area contributed by atoms with E-state index in [2.05, 4.69) is 15.7 Å². The minimum Gasteiger partial charge on any atom is -0.296 e. The fraction of sp³-hybridized carbons (Fsp3) is 1.00. The molecule has 1 aliphatic heterocycles. The van der Waals surface area contributed by atoms with Crippen molar-refractivity contribution in [3.8, 4) is 0 Å². The van der Waals surface area contributed by atoms with Crippen LogP contribution in [0.2, 0.25) is 0 Å². The van der Waals surface area contributed by atoms with E-state index < -0.39 is 0 Å². The summed E-state index contributed by atoms with van der Waals surface area (Å²) >= 11 is 0. The summed E-state index contributed by atoms with van der Waals surface area (Å²) < 4.78 is 0. The van der Waals surface area contributed by atoms with Gasteiger partial charge in [-0.2, -0.15) is 0 Å². The lowest BCUT2D eigenvalue weighted by atomic mass is 10.5. The van der Waals surface area contributed by atoms with Gasteiger partial charge in [-0.25, -0.2) is 0 Å². The first kappa shape index (κ1) is 5.50. The highest BCUT2D eigenvalue weighted by molar-refractivity contribution is 4.65. The molecular formula is C4H10N4. The first-order valence-corrected chi connectivity index (χ1v) is 2.62. The first-order chi connectivity index (χ1) is 3.83. The van der Waals surface area contributed by atoms with Gasteiger partial charge in [0, 0.05) is 7.05 Å². The van der Waals surface area contributed by atoms with E-state index in [-0.39, 0.29) is 6.17 Å². The van der Waals surface area contributed by atoms with Crippen LogP contribution in [0.15, 0.2) is 10.3 Å². The van der Waals surface area contributed by atoms with Gasteiger partial charge in [0.15, 0.2) is 0 Å². The average Bonchev–Trinajstić information content (AvgIpc) is 2.14. The Morgan fingerprint density at radius 3 is 2.75 bits per heavy atom. The van der Waals surface area contributed by atoms with Gasteiger partial charge in [-0.3, -0.25) is 10.3 Å². The van der Waals surface area contributed by atoms with Crippen molar-refractivity contribution in [2.45, 2.75) is 6.17 Å². The number of nitrogens with one attached hydrogen (secondary N) is 1. The molecule has 1 unspecified atom stereocenters. The molecule has 1 atom stereocenters. The third-order valence-electron chi connectivity index (χ3n) is 1.11. The second kappa shape index (κ2) is 2.09. The Balaban J connectivity index is 2.34. The summed E-state index contributed by atoms with van der Waals surface area (Å²) in [6.07, 6.45) is 0.208. The molecular weight excluding hydrogens is 104 g/mol. The number of rotatable bonds is 1. The van der Waals surface area contributed by atoms with Gasteiger partial charge < -0.3 is 0 Å². The zero-order valence-corrected chi connectivity index (χ0v) is 5.13. The third kappa shape index (κ3) is 0.949. The monoisotopic (exact) mass is 114 g/mol. The van der Waals surface area contributed by atoms with Gasteiger partial charge in [0.2, 0.25) is 0 Å². The van der Waals surface area contributed by atoms with Gasteiger partial charge in [0.1, 0.15) is 6.17 Å². The van der Waals surface area contributed by atoms with Crippen molar-refractivity contribution < 1.29 is 0 Å². The molecule has 0 aliphatic carbocycles. The Morgan fingerprint density at radius 1 is 1.75 bits per heavy atom. The maximum Gasteiger partial charge on any atom is 0.142 e. The predicted octanol–water partition coefficient (Wildman–Crippen LogP) is -0.156. The molecule has 0 saturated heterocycles. The van der Waals surface area contributed by atoms with Gasteiger partial charge >= 0.3 is 0 Å². The second-order valence-corrected chi connectivity index (χ2v) is 1.85. The van der Waals surface area contributed by atoms with Gasteiger partial charge in [-0.1, -0.05) is 5.22 Å². The van der Waals surface area contributed by atoms with Crippen LogP contribution < -0.4 is 5.32 Å². The molecule has 0 amide bonds. The Morgan fingerprint density at radius 2 is 2.50 bits per heavy atom. The molecule has 1 N–H and O–H groups in total. The molecule has 4 heteroatoms. The van der Waals surface area contributed by atoms with Crippen LogP contribution in [0.3, 0.4) is 0 Å². The van der Waals surface area contributed by atoms with Crippen LogP contribution in [0.25, 0.3) is 0 Å². The van der Waals surface area contributed by atoms with E-state index in [1.165, 1.54) is 0 Å². The van der Waals surface area contributed by atoms with Crippen molar-refractivity contribution in [3.05, 3.63) is 0 Å². The lowest BCUT2D eigenvalue weighted by Crippen LogP contribution is -2.28. The number of hydrogen-bond donors (Lipinski definition) is 1. The summed E-state index contributed by atoms with van der Waals surface area (Å²) in [6, 6.07) is 0. The van der Waals surface area contributed by atoms with Crippen LogP contribution in [0, 0.1) is 0 Å². The van der Waals surface area contributed by atoms with E-state index in [1.807, 2.05) is 14.1 Å². The maximum atomic E-state index is 3.88. The summed E-state index contributed by atoms with van der Waals surface area (Å²) in [5.41, 5.74) is 0. The average molecular weight is 114 g/mol. The topological polar surface area (TPSA) is 40.0 Å². The summed E-state index contributed by atoms with van der Waals surface area (Å²) in [6.45, 7) is 0.885. The summed E-state index contributed by atoms with van der Waals surface area (Å²) in [7, 11) is 3.78. The van der Waals surface area contributed by atoms with Crippen molar-refractivity contribution in [3.63, 3.8) is 0 Å². The molecule has 0 saturated carbocycles. The van der Waals surface area contributed by atoms with Gasteiger partial charge in [0.05, 0.1) is 6.54 Å². The number of likely N-dealkylation sites (N-methyl/N-ethyl adjacent to an activating group) is 2. The Hall–Kier alpha value is -0.640. The highest BCUT2D eigenvalue weighted by atomic mass is 15.6. The van der Waals surface area contributed by atoms with E-state index in [4.69, 9.17) is 0 Å². The smallest absolute Gasteiger partial charge is 0.142 e. The zero-order valence-electron chi connectivity index (χ0n) is 5.13. The van der Waals surface area contributed by atoms with Crippen LogP contribution in [-0.2, 0) is 0 Å². The molecule has 1 rings (SSSR count). The van der Waals surface area contributed by atoms with E-state index >= 15 is 0 Å². The van der Waals surface area contributed by atoms with Gasteiger partial charge in [-0.15, -0.1) is 5.11 Å². The zero-order chi connectivity index (χ0) is 5.98. The van der Waals surface area contributed by atoms with Crippen LogP contribution in [0.1, 0.15) is 0 Å². The minimum atomic E-state index is 0.208. The van der Waals surface area contributed by atoms with Gasteiger partial charge in [-0.05, 0) is 7.05 Å². The Kier molecular flexibility index (Phi) is 1.43. The summed E-state index contributed by atoms with van der Waals surface area (Å²) in [5, 5.41) is 12.5. The molecule has 0 spiro atoms. The molecule has 8 heavy (non-hydrogen) atoms. The van der Waals surface area contributed by atoms with Crippen molar-refractivity contribution >= 4 is 0 Å². The predicted molar refractivity (Wildman–Crippen MR) is 30.3 cm³/mol. The van der Waals surface area contributed by atoms with Crippen molar-refractivity contribution in [2.75, 3.05) is 20.6 Å². The summed E-state index contributed by atoms with van der Waals surface area (Å²) in [5.74, 6) is 0. The van der Waals surface area contributed by atoms with Crippen molar-refractivity contribution in [1.82, 2.24) is 10.3 Å². The molecule has 4 nitrogen and oxygen atoms in total. The largest absolute Gasteiger partial charge is 0.296 e. The lowest BCUT2D eigenvalue weighted by Gasteiger charge is -2.04. The van der Waals surface area contributed by atoms with Crippen LogP contribution >= 0.6 is 0 Å². The molecule has 46 valence electrons. The molecule has 0 fully saturated rings. The standard InChI is InChI=1S/C4H10N4/c1-5-4-3-8(2)7-6-4/h4-5H,3H2,1-2H3. The SMILES string of the molecule is CNC1CN(C)N=N1. The van der Waals surface area contributed by atoms with E-state index in [9.17, 15) is 0 Å². The molecule has 1 heterocycles.